The van der Waals surface area contributed by atoms with E-state index in [-0.39, 0.29) is 5.91 Å². The van der Waals surface area contributed by atoms with Crippen LogP contribution in [0.4, 0.5) is 10.5 Å². The van der Waals surface area contributed by atoms with E-state index in [4.69, 9.17) is 16.7 Å². The molecule has 7 heteroatoms. The number of urea groups is 1. The molecule has 0 aromatic heterocycles. The van der Waals surface area contributed by atoms with Crippen LogP contribution in [0.2, 0.25) is 5.02 Å². The van der Waals surface area contributed by atoms with Gasteiger partial charge in [-0.1, -0.05) is 11.6 Å². The van der Waals surface area contributed by atoms with Crippen molar-refractivity contribution >= 4 is 35.2 Å². The molecule has 3 amide bonds. The summed E-state index contributed by atoms with van der Waals surface area (Å²) in [7, 11) is 0. The van der Waals surface area contributed by atoms with Gasteiger partial charge < -0.3 is 5.11 Å². The van der Waals surface area contributed by atoms with Crippen LogP contribution in [0.1, 0.15) is 12.8 Å². The number of hydrogen-bond acceptors (Lipinski definition) is 3. The Labute approximate surface area is 119 Å². The van der Waals surface area contributed by atoms with E-state index < -0.39 is 24.1 Å². The number of benzene rings is 1. The van der Waals surface area contributed by atoms with Crippen LogP contribution >= 0.6 is 11.6 Å². The third-order valence-corrected chi connectivity index (χ3v) is 3.92. The first kappa shape index (κ1) is 12.9. The normalized spacial score (nSPS) is 25.2. The number of amides is 3. The van der Waals surface area contributed by atoms with Gasteiger partial charge in [-0.15, -0.1) is 0 Å². The third kappa shape index (κ3) is 1.76. The number of carboxylic acid groups (broad SMARTS) is 1. The Balaban J connectivity index is 1.96. The van der Waals surface area contributed by atoms with Crippen molar-refractivity contribution in [2.75, 3.05) is 4.90 Å². The number of halogens is 1. The zero-order valence-electron chi connectivity index (χ0n) is 10.3. The second-order valence-electron chi connectivity index (χ2n) is 4.79. The van der Waals surface area contributed by atoms with Crippen molar-refractivity contribution in [3.63, 3.8) is 0 Å². The predicted octanol–water partition coefficient (Wildman–Crippen LogP) is 1.72. The standard InChI is InChI=1S/C13H11ClN2O4/c14-7-1-3-8(4-2-7)15-11(17)9-5-6-10(12(18)19)16(9)13(15)20/h1-4,9-10H,5-6H2,(H,18,19)/t9-,10+/m0/s1. The van der Waals surface area contributed by atoms with Gasteiger partial charge in [-0.25, -0.2) is 14.5 Å². The zero-order chi connectivity index (χ0) is 14.4. The highest BCUT2D eigenvalue weighted by atomic mass is 35.5. The maximum Gasteiger partial charge on any atom is 0.332 e. The van der Waals surface area contributed by atoms with E-state index in [9.17, 15) is 14.4 Å². The number of hydrogen-bond donors (Lipinski definition) is 1. The zero-order valence-corrected chi connectivity index (χ0v) is 11.1. The third-order valence-electron chi connectivity index (χ3n) is 3.67. The van der Waals surface area contributed by atoms with Gasteiger partial charge >= 0.3 is 12.0 Å². The number of aliphatic carboxylic acids is 1. The van der Waals surface area contributed by atoms with Gasteiger partial charge in [0.25, 0.3) is 5.91 Å². The smallest absolute Gasteiger partial charge is 0.332 e. The summed E-state index contributed by atoms with van der Waals surface area (Å²) in [6.45, 7) is 0. The lowest BCUT2D eigenvalue weighted by atomic mass is 10.1. The van der Waals surface area contributed by atoms with E-state index in [1.54, 1.807) is 24.3 Å². The Morgan fingerprint density at radius 1 is 1.20 bits per heavy atom. The predicted molar refractivity (Wildman–Crippen MR) is 70.6 cm³/mol. The van der Waals surface area contributed by atoms with E-state index in [1.165, 1.54) is 4.90 Å². The monoisotopic (exact) mass is 294 g/mol. The molecule has 0 spiro atoms. The van der Waals surface area contributed by atoms with Crippen molar-refractivity contribution in [3.05, 3.63) is 29.3 Å². The minimum absolute atomic E-state index is 0.311. The van der Waals surface area contributed by atoms with Crippen molar-refractivity contribution in [2.24, 2.45) is 0 Å². The first-order valence-electron chi connectivity index (χ1n) is 6.15. The summed E-state index contributed by atoms with van der Waals surface area (Å²) in [6.07, 6.45) is 0.692. The number of anilines is 1. The molecule has 0 radical (unpaired) electrons. The van der Waals surface area contributed by atoms with Crippen LogP contribution in [-0.2, 0) is 9.59 Å². The first-order chi connectivity index (χ1) is 9.50. The molecule has 1 N–H and O–H groups in total. The molecule has 2 aliphatic rings. The van der Waals surface area contributed by atoms with Crippen LogP contribution in [0, 0.1) is 0 Å². The summed E-state index contributed by atoms with van der Waals surface area (Å²) in [5.74, 6) is -1.45. The topological polar surface area (TPSA) is 77.9 Å². The van der Waals surface area contributed by atoms with Gasteiger partial charge in [0.05, 0.1) is 5.69 Å². The minimum Gasteiger partial charge on any atom is -0.480 e. The van der Waals surface area contributed by atoms with Gasteiger partial charge in [-0.2, -0.15) is 0 Å². The number of rotatable bonds is 2. The molecule has 104 valence electrons. The fourth-order valence-electron chi connectivity index (χ4n) is 2.75. The molecule has 3 rings (SSSR count). The lowest BCUT2D eigenvalue weighted by Crippen LogP contribution is -2.42. The number of imide groups is 1. The number of carbonyl (C=O) groups excluding carboxylic acids is 2. The molecule has 0 unspecified atom stereocenters. The fourth-order valence-corrected chi connectivity index (χ4v) is 2.88. The molecule has 0 aliphatic carbocycles. The van der Waals surface area contributed by atoms with Crippen molar-refractivity contribution in [2.45, 2.75) is 24.9 Å². The summed E-state index contributed by atoms with van der Waals surface area (Å²) in [6, 6.07) is 4.12. The van der Waals surface area contributed by atoms with Crippen molar-refractivity contribution in [1.29, 1.82) is 0 Å². The molecular weight excluding hydrogens is 284 g/mol. The fraction of sp³-hybridized carbons (Fsp3) is 0.308. The highest BCUT2D eigenvalue weighted by Gasteiger charge is 2.54. The molecule has 6 nitrogen and oxygen atoms in total. The van der Waals surface area contributed by atoms with Crippen molar-refractivity contribution < 1.29 is 19.5 Å². The average Bonchev–Trinajstić information content (AvgIpc) is 2.94. The van der Waals surface area contributed by atoms with E-state index in [2.05, 4.69) is 0 Å². The van der Waals surface area contributed by atoms with Gasteiger partial charge in [0.2, 0.25) is 0 Å². The van der Waals surface area contributed by atoms with E-state index in [1.807, 2.05) is 0 Å². The number of carbonyl (C=O) groups is 3. The average molecular weight is 295 g/mol. The SMILES string of the molecule is O=C(O)[C@H]1CC[C@H]2C(=O)N(c3ccc(Cl)cc3)C(=O)N12. The lowest BCUT2D eigenvalue weighted by molar-refractivity contribution is -0.141. The summed E-state index contributed by atoms with van der Waals surface area (Å²) < 4.78 is 0. The molecule has 20 heavy (non-hydrogen) atoms. The highest BCUT2D eigenvalue weighted by Crippen LogP contribution is 2.35. The van der Waals surface area contributed by atoms with Crippen molar-refractivity contribution in [1.82, 2.24) is 4.90 Å². The number of carboxylic acids is 1. The van der Waals surface area contributed by atoms with Gasteiger partial charge in [-0.3, -0.25) is 9.69 Å². The van der Waals surface area contributed by atoms with Crippen LogP contribution in [-0.4, -0.2) is 40.0 Å². The van der Waals surface area contributed by atoms with Gasteiger partial charge in [0, 0.05) is 5.02 Å². The maximum absolute atomic E-state index is 12.3. The quantitative estimate of drug-likeness (QED) is 0.843. The van der Waals surface area contributed by atoms with Gasteiger partial charge in [-0.05, 0) is 37.1 Å². The molecule has 0 bridgehead atoms. The molecule has 2 heterocycles. The van der Waals surface area contributed by atoms with Gasteiger partial charge in [0.1, 0.15) is 12.1 Å². The molecular formula is C13H11ClN2O4. The maximum atomic E-state index is 12.3. The highest BCUT2D eigenvalue weighted by molar-refractivity contribution is 6.30. The van der Waals surface area contributed by atoms with Gasteiger partial charge in [0.15, 0.2) is 0 Å². The Kier molecular flexibility index (Phi) is 2.90. The molecule has 2 aliphatic heterocycles. The molecule has 1 aromatic rings. The van der Waals surface area contributed by atoms with E-state index in [0.29, 0.717) is 23.6 Å². The minimum atomic E-state index is -1.08. The Hall–Kier alpha value is -2.08. The number of nitrogens with zero attached hydrogens (tertiary/aromatic N) is 2. The second-order valence-corrected chi connectivity index (χ2v) is 5.22. The summed E-state index contributed by atoms with van der Waals surface area (Å²) >= 11 is 5.78. The summed E-state index contributed by atoms with van der Waals surface area (Å²) in [5, 5.41) is 9.61. The summed E-state index contributed by atoms with van der Waals surface area (Å²) in [4.78, 5) is 38.0. The molecule has 1 aromatic carbocycles. The van der Waals surface area contributed by atoms with Crippen LogP contribution in [0.25, 0.3) is 0 Å². The Morgan fingerprint density at radius 2 is 1.85 bits per heavy atom. The first-order valence-corrected chi connectivity index (χ1v) is 6.53. The molecule has 2 atom stereocenters. The Bertz CT molecular complexity index is 601. The lowest BCUT2D eigenvalue weighted by Gasteiger charge is -2.20. The van der Waals surface area contributed by atoms with Crippen LogP contribution in [0.15, 0.2) is 24.3 Å². The van der Waals surface area contributed by atoms with Crippen LogP contribution in [0.5, 0.6) is 0 Å². The van der Waals surface area contributed by atoms with Crippen LogP contribution in [0.3, 0.4) is 0 Å². The van der Waals surface area contributed by atoms with Crippen molar-refractivity contribution in [3.8, 4) is 0 Å². The second kappa shape index (κ2) is 4.49. The van der Waals surface area contributed by atoms with E-state index >= 15 is 0 Å². The molecule has 0 saturated carbocycles. The Morgan fingerprint density at radius 3 is 2.45 bits per heavy atom. The summed E-state index contributed by atoms with van der Waals surface area (Å²) in [5.41, 5.74) is 0.405. The van der Waals surface area contributed by atoms with E-state index in [0.717, 1.165) is 4.90 Å². The molecule has 2 saturated heterocycles. The molecule has 2 fully saturated rings. The number of fused-ring (bicyclic) bond motifs is 1. The largest absolute Gasteiger partial charge is 0.480 e. The van der Waals surface area contributed by atoms with Crippen LogP contribution < -0.4 is 4.90 Å².